The molecular weight excluding hydrogens is 387 g/mol. The van der Waals surface area contributed by atoms with Gasteiger partial charge in [-0.05, 0) is 45.0 Å². The van der Waals surface area contributed by atoms with Crippen molar-refractivity contribution < 1.29 is 27.4 Å². The van der Waals surface area contributed by atoms with Crippen molar-refractivity contribution in [2.75, 3.05) is 19.0 Å². The molecule has 156 valence electrons. The topological polar surface area (TPSA) is 72.5 Å². The average Bonchev–Trinajstić information content (AvgIpc) is 2.73. The third-order valence-electron chi connectivity index (χ3n) is 5.08. The van der Waals surface area contributed by atoms with E-state index in [2.05, 4.69) is 15.6 Å². The first-order valence-corrected chi connectivity index (χ1v) is 8.90. The number of alkyl halides is 2. The summed E-state index contributed by atoms with van der Waals surface area (Å²) in [6.07, 6.45) is 1.49. The number of ether oxygens (including phenoxy) is 2. The number of hydrogen-bond acceptors (Lipinski definition) is 5. The van der Waals surface area contributed by atoms with Crippen LogP contribution in [0.2, 0.25) is 0 Å². The smallest absolute Gasteiger partial charge is 0.302 e. The molecule has 6 nitrogen and oxygen atoms in total. The number of halogens is 3. The molecule has 3 rings (SSSR count). The minimum atomic E-state index is -3.62. The quantitative estimate of drug-likeness (QED) is 0.805. The Bertz CT molecular complexity index is 919. The van der Waals surface area contributed by atoms with Gasteiger partial charge in [-0.15, -0.1) is 0 Å². The Hall–Kier alpha value is -2.81. The SMILES string of the molecule is COc1ccc(Nc2ccc(F)c(C3(C)NC(=O)COC(C)(C)C3(F)F)c2)cn1. The van der Waals surface area contributed by atoms with Gasteiger partial charge in [0.25, 0.3) is 0 Å². The molecule has 2 heterocycles. The minimum absolute atomic E-state index is 0.350. The predicted octanol–water partition coefficient (Wildman–Crippen LogP) is 3.75. The maximum atomic E-state index is 15.4. The largest absolute Gasteiger partial charge is 0.481 e. The Balaban J connectivity index is 2.04. The lowest BCUT2D eigenvalue weighted by atomic mass is 9.77. The van der Waals surface area contributed by atoms with Crippen LogP contribution in [0.4, 0.5) is 24.5 Å². The molecule has 1 atom stereocenters. The van der Waals surface area contributed by atoms with Gasteiger partial charge in [-0.1, -0.05) is 0 Å². The van der Waals surface area contributed by atoms with Crippen LogP contribution in [-0.4, -0.2) is 36.1 Å². The van der Waals surface area contributed by atoms with Crippen LogP contribution in [-0.2, 0) is 15.1 Å². The summed E-state index contributed by atoms with van der Waals surface area (Å²) in [5.74, 6) is -4.84. The second-order valence-corrected chi connectivity index (χ2v) is 7.46. The molecule has 1 unspecified atom stereocenters. The molecule has 0 radical (unpaired) electrons. The van der Waals surface area contributed by atoms with Gasteiger partial charge in [0.2, 0.25) is 11.8 Å². The number of nitrogens with zero attached hydrogens (tertiary/aromatic N) is 1. The fourth-order valence-electron chi connectivity index (χ4n) is 3.30. The summed E-state index contributed by atoms with van der Waals surface area (Å²) in [6.45, 7) is 2.90. The Morgan fingerprint density at radius 3 is 2.48 bits per heavy atom. The molecule has 2 N–H and O–H groups in total. The highest BCUT2D eigenvalue weighted by molar-refractivity contribution is 5.79. The maximum Gasteiger partial charge on any atom is 0.302 e. The Kier molecular flexibility index (Phi) is 5.20. The fourth-order valence-corrected chi connectivity index (χ4v) is 3.30. The number of rotatable bonds is 4. The maximum absolute atomic E-state index is 15.4. The van der Waals surface area contributed by atoms with E-state index in [1.54, 1.807) is 12.1 Å². The zero-order valence-electron chi connectivity index (χ0n) is 16.5. The molecule has 1 aromatic carbocycles. The van der Waals surface area contributed by atoms with Gasteiger partial charge in [0, 0.05) is 17.3 Å². The van der Waals surface area contributed by atoms with Gasteiger partial charge in [-0.2, -0.15) is 0 Å². The molecule has 0 bridgehead atoms. The first-order chi connectivity index (χ1) is 13.5. The molecule has 0 spiro atoms. The van der Waals surface area contributed by atoms with Crippen LogP contribution in [0.5, 0.6) is 5.88 Å². The molecule has 1 aliphatic rings. The molecule has 9 heteroatoms. The van der Waals surface area contributed by atoms with E-state index in [-0.39, 0.29) is 5.56 Å². The van der Waals surface area contributed by atoms with Gasteiger partial charge < -0.3 is 20.1 Å². The second-order valence-electron chi connectivity index (χ2n) is 7.46. The number of methoxy groups -OCH3 is 1. The Labute approximate surface area is 166 Å². The molecule has 2 aromatic rings. The monoisotopic (exact) mass is 409 g/mol. The number of benzene rings is 1. The average molecular weight is 409 g/mol. The van der Waals surface area contributed by atoms with E-state index in [1.165, 1.54) is 39.3 Å². The number of nitrogens with one attached hydrogen (secondary N) is 2. The van der Waals surface area contributed by atoms with E-state index in [0.29, 0.717) is 17.3 Å². The van der Waals surface area contributed by atoms with Crippen molar-refractivity contribution in [2.45, 2.75) is 37.8 Å². The molecule has 0 aliphatic carbocycles. The van der Waals surface area contributed by atoms with Gasteiger partial charge in [0.05, 0.1) is 19.0 Å². The molecule has 1 fully saturated rings. The normalized spacial score (nSPS) is 23.1. The van der Waals surface area contributed by atoms with E-state index >= 15 is 8.78 Å². The molecule has 1 aliphatic heterocycles. The minimum Gasteiger partial charge on any atom is -0.481 e. The van der Waals surface area contributed by atoms with Crippen LogP contribution in [0.1, 0.15) is 26.3 Å². The summed E-state index contributed by atoms with van der Waals surface area (Å²) >= 11 is 0. The third kappa shape index (κ3) is 3.62. The van der Waals surface area contributed by atoms with E-state index in [0.717, 1.165) is 13.0 Å². The molecule has 0 saturated carbocycles. The predicted molar refractivity (Wildman–Crippen MR) is 101 cm³/mol. The zero-order chi connectivity index (χ0) is 21.4. The van der Waals surface area contributed by atoms with Crippen molar-refractivity contribution in [3.63, 3.8) is 0 Å². The summed E-state index contributed by atoms with van der Waals surface area (Å²) in [4.78, 5) is 16.1. The van der Waals surface area contributed by atoms with Crippen molar-refractivity contribution >= 4 is 17.3 Å². The van der Waals surface area contributed by atoms with Gasteiger partial charge in [-0.25, -0.2) is 18.2 Å². The van der Waals surface area contributed by atoms with Crippen molar-refractivity contribution in [1.82, 2.24) is 10.3 Å². The summed E-state index contributed by atoms with van der Waals surface area (Å²) in [5, 5.41) is 5.23. The third-order valence-corrected chi connectivity index (χ3v) is 5.08. The number of carbonyl (C=O) groups excluding carboxylic acids is 1. The molecule has 1 saturated heterocycles. The van der Waals surface area contributed by atoms with E-state index in [9.17, 15) is 9.18 Å². The molecule has 29 heavy (non-hydrogen) atoms. The number of pyridine rings is 1. The van der Waals surface area contributed by atoms with Crippen molar-refractivity contribution in [3.05, 3.63) is 47.9 Å². The fraction of sp³-hybridized carbons (Fsp3) is 0.400. The van der Waals surface area contributed by atoms with Crippen LogP contribution in [0.25, 0.3) is 0 Å². The zero-order valence-corrected chi connectivity index (χ0v) is 16.5. The number of hydrogen-bond donors (Lipinski definition) is 2. The Morgan fingerprint density at radius 1 is 1.17 bits per heavy atom. The lowest BCUT2D eigenvalue weighted by Crippen LogP contribution is -2.62. The van der Waals surface area contributed by atoms with Crippen LogP contribution in [0.15, 0.2) is 36.5 Å². The molecule has 1 aromatic heterocycles. The number of anilines is 2. The van der Waals surface area contributed by atoms with Crippen molar-refractivity contribution in [3.8, 4) is 5.88 Å². The first-order valence-electron chi connectivity index (χ1n) is 8.90. The van der Waals surface area contributed by atoms with Crippen LogP contribution < -0.4 is 15.4 Å². The van der Waals surface area contributed by atoms with E-state index < -0.39 is 35.4 Å². The lowest BCUT2D eigenvalue weighted by molar-refractivity contribution is -0.216. The standard InChI is InChI=1S/C20H22F3N3O3/c1-18(2)20(22,23)19(3,26-16(27)11-29-18)14-9-12(5-7-15(14)21)25-13-6-8-17(28-4)24-10-13/h5-10,25H,11H2,1-4H3,(H,26,27). The highest BCUT2D eigenvalue weighted by Gasteiger charge is 2.64. The van der Waals surface area contributed by atoms with E-state index in [1.807, 2.05) is 0 Å². The lowest BCUT2D eigenvalue weighted by Gasteiger charge is -2.43. The number of aromatic nitrogens is 1. The second kappa shape index (κ2) is 7.22. The van der Waals surface area contributed by atoms with Crippen LogP contribution in [0, 0.1) is 5.82 Å². The Morgan fingerprint density at radius 2 is 1.86 bits per heavy atom. The molecular formula is C20H22F3N3O3. The van der Waals surface area contributed by atoms with Gasteiger partial charge in [0.1, 0.15) is 23.6 Å². The van der Waals surface area contributed by atoms with Crippen molar-refractivity contribution in [2.24, 2.45) is 0 Å². The van der Waals surface area contributed by atoms with Crippen molar-refractivity contribution in [1.29, 1.82) is 0 Å². The first kappa shape index (κ1) is 20.9. The van der Waals surface area contributed by atoms with Gasteiger partial charge >= 0.3 is 5.92 Å². The summed E-state index contributed by atoms with van der Waals surface area (Å²) in [6, 6.07) is 7.02. The van der Waals surface area contributed by atoms with E-state index in [4.69, 9.17) is 9.47 Å². The van der Waals surface area contributed by atoms with Crippen LogP contribution in [0.3, 0.4) is 0 Å². The highest BCUT2D eigenvalue weighted by atomic mass is 19.3. The number of carbonyl (C=O) groups is 1. The summed E-state index contributed by atoms with van der Waals surface area (Å²) in [7, 11) is 1.48. The van der Waals surface area contributed by atoms with Crippen LogP contribution >= 0.6 is 0 Å². The highest BCUT2D eigenvalue weighted by Crippen LogP contribution is 2.48. The number of amides is 1. The molecule has 1 amide bonds. The summed E-state index contributed by atoms with van der Waals surface area (Å²) in [5.41, 5.74) is -3.79. The summed E-state index contributed by atoms with van der Waals surface area (Å²) < 4.78 is 55.6. The van der Waals surface area contributed by atoms with Gasteiger partial charge in [0.15, 0.2) is 0 Å². The van der Waals surface area contributed by atoms with Gasteiger partial charge in [-0.3, -0.25) is 4.79 Å².